The monoisotopic (exact) mass is 403 g/mol. The van der Waals surface area contributed by atoms with Crippen molar-refractivity contribution in [2.45, 2.75) is 11.8 Å². The van der Waals surface area contributed by atoms with Gasteiger partial charge in [0.25, 0.3) is 5.91 Å². The number of carbonyl (C=O) groups excluding carboxylic acids is 1. The molecule has 3 heterocycles. The summed E-state index contributed by atoms with van der Waals surface area (Å²) < 4.78 is 0.527. The van der Waals surface area contributed by atoms with Gasteiger partial charge in [0, 0.05) is 23.0 Å². The lowest BCUT2D eigenvalue weighted by Gasteiger charge is -2.17. The van der Waals surface area contributed by atoms with Crippen LogP contribution in [0.2, 0.25) is 0 Å². The first-order chi connectivity index (χ1) is 12.2. The number of para-hydroxylation sites is 1. The number of benzene rings is 1. The Bertz CT molecular complexity index is 904. The molecule has 25 heavy (non-hydrogen) atoms. The molecule has 2 aliphatic rings. The SMILES string of the molecule is CCN1C(=CC=C2SC(=S)N(c3nccs3)C2=O)Sc2ccccc21. The maximum atomic E-state index is 12.7. The summed E-state index contributed by atoms with van der Waals surface area (Å²) in [6.07, 6.45) is 5.54. The van der Waals surface area contributed by atoms with Crippen molar-refractivity contribution in [3.8, 4) is 0 Å². The van der Waals surface area contributed by atoms with Crippen molar-refractivity contribution in [2.75, 3.05) is 16.3 Å². The molecule has 1 aromatic heterocycles. The molecule has 1 amide bonds. The Morgan fingerprint density at radius 1 is 1.24 bits per heavy atom. The van der Waals surface area contributed by atoms with Crippen LogP contribution in [-0.2, 0) is 4.79 Å². The number of nitrogens with zero attached hydrogens (tertiary/aromatic N) is 3. The van der Waals surface area contributed by atoms with Crippen LogP contribution >= 0.6 is 47.1 Å². The predicted molar refractivity (Wildman–Crippen MR) is 111 cm³/mol. The van der Waals surface area contributed by atoms with E-state index in [1.807, 2.05) is 29.7 Å². The Morgan fingerprint density at radius 2 is 2.08 bits per heavy atom. The molecule has 1 saturated heterocycles. The summed E-state index contributed by atoms with van der Waals surface area (Å²) in [4.78, 5) is 22.5. The van der Waals surface area contributed by atoms with Gasteiger partial charge in [-0.2, -0.15) is 0 Å². The molecule has 8 heteroatoms. The lowest BCUT2D eigenvalue weighted by atomic mass is 10.3. The number of fused-ring (bicyclic) bond motifs is 1. The van der Waals surface area contributed by atoms with Gasteiger partial charge in [-0.3, -0.25) is 4.79 Å². The van der Waals surface area contributed by atoms with Crippen LogP contribution in [0.25, 0.3) is 0 Å². The average molecular weight is 404 g/mol. The molecule has 0 unspecified atom stereocenters. The molecular formula is C17H13N3OS4. The molecular weight excluding hydrogens is 390 g/mol. The summed E-state index contributed by atoms with van der Waals surface area (Å²) >= 11 is 9.80. The molecule has 2 aliphatic heterocycles. The third kappa shape index (κ3) is 3.03. The lowest BCUT2D eigenvalue weighted by molar-refractivity contribution is -0.113. The highest BCUT2D eigenvalue weighted by Crippen LogP contribution is 2.46. The predicted octanol–water partition coefficient (Wildman–Crippen LogP) is 4.87. The number of allylic oxidation sites excluding steroid dienone is 2. The smallest absolute Gasteiger partial charge is 0.272 e. The van der Waals surface area contributed by atoms with Crippen molar-refractivity contribution >= 4 is 68.1 Å². The van der Waals surface area contributed by atoms with E-state index in [0.717, 1.165) is 11.6 Å². The van der Waals surface area contributed by atoms with E-state index < -0.39 is 0 Å². The highest BCUT2D eigenvalue weighted by Gasteiger charge is 2.34. The zero-order valence-electron chi connectivity index (χ0n) is 13.2. The number of aromatic nitrogens is 1. The maximum absolute atomic E-state index is 12.7. The van der Waals surface area contributed by atoms with Crippen LogP contribution in [0.3, 0.4) is 0 Å². The van der Waals surface area contributed by atoms with Gasteiger partial charge in [0.2, 0.25) is 0 Å². The lowest BCUT2D eigenvalue weighted by Crippen LogP contribution is -2.27. The van der Waals surface area contributed by atoms with Crippen molar-refractivity contribution in [1.82, 2.24) is 4.98 Å². The van der Waals surface area contributed by atoms with E-state index in [-0.39, 0.29) is 5.91 Å². The van der Waals surface area contributed by atoms with E-state index in [1.165, 1.54) is 38.6 Å². The molecule has 0 radical (unpaired) electrons. The number of thiazole rings is 1. The van der Waals surface area contributed by atoms with Gasteiger partial charge in [-0.25, -0.2) is 9.88 Å². The first-order valence-corrected chi connectivity index (χ1v) is 10.5. The third-order valence-corrected chi connectivity index (χ3v) is 6.94. The summed E-state index contributed by atoms with van der Waals surface area (Å²) in [5.74, 6) is -0.106. The van der Waals surface area contributed by atoms with Gasteiger partial charge in [0.15, 0.2) is 9.45 Å². The number of hydrogen-bond acceptors (Lipinski definition) is 7. The van der Waals surface area contributed by atoms with E-state index in [9.17, 15) is 4.79 Å². The minimum Gasteiger partial charge on any atom is -0.335 e. The number of thiocarbonyl (C=S) groups is 1. The fourth-order valence-electron chi connectivity index (χ4n) is 2.62. The van der Waals surface area contributed by atoms with Crippen molar-refractivity contribution in [3.63, 3.8) is 0 Å². The van der Waals surface area contributed by atoms with Crippen molar-refractivity contribution in [3.05, 3.63) is 57.9 Å². The topological polar surface area (TPSA) is 36.4 Å². The molecule has 0 atom stereocenters. The van der Waals surface area contributed by atoms with Crippen LogP contribution in [0, 0.1) is 0 Å². The number of rotatable bonds is 3. The van der Waals surface area contributed by atoms with Gasteiger partial charge in [0.1, 0.15) is 0 Å². The number of carbonyl (C=O) groups is 1. The Kier molecular flexibility index (Phi) is 4.68. The van der Waals surface area contributed by atoms with Crippen molar-refractivity contribution in [2.24, 2.45) is 0 Å². The van der Waals surface area contributed by atoms with Crippen LogP contribution in [0.15, 0.2) is 62.8 Å². The fourth-order valence-corrected chi connectivity index (χ4v) is 5.71. The van der Waals surface area contributed by atoms with Crippen LogP contribution in [0.5, 0.6) is 0 Å². The number of thioether (sulfide) groups is 2. The molecule has 0 saturated carbocycles. The zero-order valence-corrected chi connectivity index (χ0v) is 16.5. The van der Waals surface area contributed by atoms with E-state index in [4.69, 9.17) is 12.2 Å². The second-order valence-electron chi connectivity index (χ2n) is 5.17. The van der Waals surface area contributed by atoms with Crippen LogP contribution < -0.4 is 9.80 Å². The second-order valence-corrected chi connectivity index (χ2v) is 8.78. The Morgan fingerprint density at radius 3 is 2.84 bits per heavy atom. The van der Waals surface area contributed by atoms with Gasteiger partial charge in [-0.1, -0.05) is 47.9 Å². The molecule has 126 valence electrons. The third-order valence-electron chi connectivity index (χ3n) is 3.73. The summed E-state index contributed by atoms with van der Waals surface area (Å²) in [6, 6.07) is 8.33. The molecule has 0 aliphatic carbocycles. The Balaban J connectivity index is 1.61. The minimum atomic E-state index is -0.106. The number of amides is 1. The largest absolute Gasteiger partial charge is 0.335 e. The highest BCUT2D eigenvalue weighted by molar-refractivity contribution is 8.27. The number of anilines is 2. The van der Waals surface area contributed by atoms with E-state index >= 15 is 0 Å². The highest BCUT2D eigenvalue weighted by atomic mass is 32.2. The number of hydrogen-bond donors (Lipinski definition) is 0. The summed E-state index contributed by atoms with van der Waals surface area (Å²) in [6.45, 7) is 3.00. The van der Waals surface area contributed by atoms with Crippen LogP contribution in [-0.4, -0.2) is 21.8 Å². The van der Waals surface area contributed by atoms with Crippen molar-refractivity contribution in [1.29, 1.82) is 0 Å². The molecule has 1 aromatic carbocycles. The van der Waals surface area contributed by atoms with Crippen LogP contribution in [0.1, 0.15) is 6.92 Å². The molecule has 4 rings (SSSR count). The summed E-state index contributed by atoms with van der Waals surface area (Å²) in [7, 11) is 0. The van der Waals surface area contributed by atoms with Crippen LogP contribution in [0.4, 0.5) is 10.8 Å². The van der Waals surface area contributed by atoms with Gasteiger partial charge in [-0.05, 0) is 31.2 Å². The van der Waals surface area contributed by atoms with Gasteiger partial charge >= 0.3 is 0 Å². The average Bonchev–Trinajstić information content (AvgIpc) is 3.30. The summed E-state index contributed by atoms with van der Waals surface area (Å²) in [5, 5.41) is 3.57. The van der Waals surface area contributed by atoms with E-state index in [1.54, 1.807) is 18.0 Å². The maximum Gasteiger partial charge on any atom is 0.272 e. The van der Waals surface area contributed by atoms with Crippen molar-refractivity contribution < 1.29 is 4.79 Å². The van der Waals surface area contributed by atoms with Gasteiger partial charge in [0.05, 0.1) is 15.6 Å². The molecule has 4 nitrogen and oxygen atoms in total. The normalized spacial score (nSPS) is 20.2. The Labute approximate surface area is 163 Å². The zero-order chi connectivity index (χ0) is 17.4. The second kappa shape index (κ2) is 6.95. The first kappa shape index (κ1) is 16.8. The Hall–Kier alpha value is -1.61. The standard InChI is InChI=1S/C17H13N3OS4/c1-2-19-11-5-3-4-6-12(11)24-14(19)8-7-13-15(21)20(17(22)25-13)16-18-9-10-23-16/h3-10H,2H2,1H3. The van der Waals surface area contributed by atoms with Gasteiger partial charge in [-0.15, -0.1) is 11.3 Å². The van der Waals surface area contributed by atoms with Gasteiger partial charge < -0.3 is 4.90 Å². The fraction of sp³-hybridized carbons (Fsp3) is 0.118. The minimum absolute atomic E-state index is 0.106. The molecule has 0 bridgehead atoms. The van der Waals surface area contributed by atoms with E-state index in [2.05, 4.69) is 28.9 Å². The molecule has 0 spiro atoms. The quantitative estimate of drug-likeness (QED) is 0.538. The first-order valence-electron chi connectivity index (χ1n) is 7.61. The molecule has 0 N–H and O–H groups in total. The van der Waals surface area contributed by atoms with E-state index in [0.29, 0.717) is 14.4 Å². The molecule has 1 fully saturated rings. The molecule has 2 aromatic rings. The summed E-state index contributed by atoms with van der Waals surface area (Å²) in [5.41, 5.74) is 1.21.